The summed E-state index contributed by atoms with van der Waals surface area (Å²) in [5.74, 6) is -2.27. The summed E-state index contributed by atoms with van der Waals surface area (Å²) in [6.07, 6.45) is 0.0465. The number of amides is 1. The lowest BCUT2D eigenvalue weighted by molar-refractivity contribution is -0.197. The highest BCUT2D eigenvalue weighted by Gasteiger charge is 2.50. The first kappa shape index (κ1) is 19.8. The molecule has 2 bridgehead atoms. The molecule has 3 fully saturated rings. The molecule has 0 radical (unpaired) electrons. The largest absolute Gasteiger partial charge is 0.392 e. The molecule has 11 heteroatoms. The van der Waals surface area contributed by atoms with Crippen LogP contribution in [0.15, 0.2) is 29.3 Å². The molecule has 2 saturated heterocycles. The number of alkyl halides is 3. The number of fused-ring (bicyclic) bond motifs is 5. The lowest BCUT2D eigenvalue weighted by Gasteiger charge is -2.33. The van der Waals surface area contributed by atoms with Crippen LogP contribution >= 0.6 is 0 Å². The Bertz CT molecular complexity index is 1210. The van der Waals surface area contributed by atoms with E-state index >= 15 is 0 Å². The molecule has 3 aromatic heterocycles. The Hall–Kier alpha value is -3.11. The highest BCUT2D eigenvalue weighted by molar-refractivity contribution is 5.95. The molecular weight excluding hydrogens is 413 g/mol. The third-order valence-electron chi connectivity index (χ3n) is 6.57. The zero-order chi connectivity index (χ0) is 21.9. The maximum atomic E-state index is 13.5. The number of nitrogens with zero attached hydrogens (tertiary/aromatic N) is 5. The monoisotopic (exact) mass is 434 g/mol. The highest BCUT2D eigenvalue weighted by Crippen LogP contribution is 2.46. The van der Waals surface area contributed by atoms with Crippen LogP contribution in [0.3, 0.4) is 0 Å². The molecular formula is C20H21F3N6O2. The van der Waals surface area contributed by atoms with Gasteiger partial charge in [-0.3, -0.25) is 14.6 Å². The Morgan fingerprint density at radius 1 is 1.26 bits per heavy atom. The van der Waals surface area contributed by atoms with Crippen molar-refractivity contribution in [2.75, 3.05) is 13.1 Å². The smallest absolute Gasteiger partial charge is 0.338 e. The Balaban J connectivity index is 1.44. The average Bonchev–Trinajstić information content (AvgIpc) is 3.22. The molecule has 6 rings (SSSR count). The number of H-pyrrole nitrogens is 1. The number of rotatable bonds is 2. The van der Waals surface area contributed by atoms with Gasteiger partial charge in [-0.05, 0) is 50.2 Å². The van der Waals surface area contributed by atoms with Gasteiger partial charge in [0.2, 0.25) is 5.95 Å². The Kier molecular flexibility index (Phi) is 4.45. The van der Waals surface area contributed by atoms with Gasteiger partial charge in [-0.15, -0.1) is 5.10 Å². The van der Waals surface area contributed by atoms with Gasteiger partial charge in [0.25, 0.3) is 11.5 Å². The fourth-order valence-corrected chi connectivity index (χ4v) is 4.97. The van der Waals surface area contributed by atoms with Gasteiger partial charge in [0.15, 0.2) is 0 Å². The third kappa shape index (κ3) is 3.31. The Labute approximate surface area is 174 Å². The third-order valence-corrected chi connectivity index (χ3v) is 6.57. The summed E-state index contributed by atoms with van der Waals surface area (Å²) in [4.78, 5) is 29.6. The van der Waals surface area contributed by atoms with Crippen molar-refractivity contribution in [2.45, 2.75) is 32.4 Å². The maximum Gasteiger partial charge on any atom is 0.392 e. The van der Waals surface area contributed by atoms with Crippen molar-refractivity contribution in [3.8, 4) is 5.95 Å². The van der Waals surface area contributed by atoms with Gasteiger partial charge in [0, 0.05) is 19.3 Å². The van der Waals surface area contributed by atoms with Crippen LogP contribution in [0.2, 0.25) is 0 Å². The van der Waals surface area contributed by atoms with E-state index in [0.717, 1.165) is 0 Å². The molecule has 0 spiro atoms. The van der Waals surface area contributed by atoms with Gasteiger partial charge in [0.1, 0.15) is 5.52 Å². The number of hydrogen-bond donors (Lipinski definition) is 1. The summed E-state index contributed by atoms with van der Waals surface area (Å²) in [5.41, 5.74) is 0.785. The van der Waals surface area contributed by atoms with E-state index in [9.17, 15) is 22.8 Å². The Morgan fingerprint density at radius 3 is 2.84 bits per heavy atom. The van der Waals surface area contributed by atoms with E-state index in [1.807, 2.05) is 0 Å². The molecule has 1 saturated carbocycles. The van der Waals surface area contributed by atoms with E-state index in [4.69, 9.17) is 0 Å². The summed E-state index contributed by atoms with van der Waals surface area (Å²) >= 11 is 0. The summed E-state index contributed by atoms with van der Waals surface area (Å²) in [6, 6.07) is 3.32. The first-order valence-corrected chi connectivity index (χ1v) is 10.2. The predicted octanol–water partition coefficient (Wildman–Crippen LogP) is 2.57. The standard InChI is InChI=1S/C20H21F3N6O2/c1-11-14(8-24-29(11)19-25-17(30)16-3-2-6-28(16)26-19)18(31)27-9-12-4-5-13(10-27)15(7-12)20(21,22)23/h2-3,6,8,12-13,15H,4-5,7,9-10H2,1H3,(H,25,26,30). The number of aromatic amines is 1. The molecule has 8 nitrogen and oxygen atoms in total. The van der Waals surface area contributed by atoms with E-state index in [1.165, 1.54) is 20.3 Å². The zero-order valence-corrected chi connectivity index (χ0v) is 16.8. The van der Waals surface area contributed by atoms with Crippen molar-refractivity contribution >= 4 is 11.4 Å². The minimum absolute atomic E-state index is 0.0816. The number of carbonyl (C=O) groups excluding carboxylic acids is 1. The van der Waals surface area contributed by atoms with Crippen LogP contribution in [0.1, 0.15) is 35.3 Å². The van der Waals surface area contributed by atoms with Crippen molar-refractivity contribution in [3.63, 3.8) is 0 Å². The minimum atomic E-state index is -4.24. The van der Waals surface area contributed by atoms with Crippen molar-refractivity contribution < 1.29 is 18.0 Å². The molecule has 3 atom stereocenters. The average molecular weight is 434 g/mol. The summed E-state index contributed by atoms with van der Waals surface area (Å²) in [6.45, 7) is 2.08. The molecule has 0 aromatic carbocycles. The Morgan fingerprint density at radius 2 is 2.06 bits per heavy atom. The lowest BCUT2D eigenvalue weighted by Crippen LogP contribution is -2.38. The van der Waals surface area contributed by atoms with Crippen LogP contribution in [0.25, 0.3) is 11.5 Å². The zero-order valence-electron chi connectivity index (χ0n) is 16.8. The second-order valence-electron chi connectivity index (χ2n) is 8.47. The molecule has 164 valence electrons. The van der Waals surface area contributed by atoms with Crippen LogP contribution in [0, 0.1) is 24.7 Å². The number of halogens is 3. The number of carbonyl (C=O) groups is 1. The van der Waals surface area contributed by atoms with E-state index in [-0.39, 0.29) is 36.3 Å². The molecule has 1 aliphatic carbocycles. The SMILES string of the molecule is Cc1c(C(=O)N2CC3CCC(C2)C(C(F)(F)F)C3)cnn1-c1nn2cccc2c(=O)[nH]1. The molecule has 3 aliphatic rings. The summed E-state index contributed by atoms with van der Waals surface area (Å²) < 4.78 is 43.1. The molecule has 3 aromatic rings. The van der Waals surface area contributed by atoms with Crippen molar-refractivity contribution in [1.82, 2.24) is 29.3 Å². The van der Waals surface area contributed by atoms with E-state index in [0.29, 0.717) is 36.2 Å². The van der Waals surface area contributed by atoms with Crippen molar-refractivity contribution in [3.05, 3.63) is 46.1 Å². The lowest BCUT2D eigenvalue weighted by atomic mass is 9.75. The van der Waals surface area contributed by atoms with Gasteiger partial charge in [-0.2, -0.15) is 18.3 Å². The summed E-state index contributed by atoms with van der Waals surface area (Å²) in [7, 11) is 0. The second kappa shape index (κ2) is 6.96. The molecule has 31 heavy (non-hydrogen) atoms. The topological polar surface area (TPSA) is 88.3 Å². The molecule has 3 unspecified atom stereocenters. The molecule has 5 heterocycles. The van der Waals surface area contributed by atoms with Gasteiger partial charge < -0.3 is 4.90 Å². The van der Waals surface area contributed by atoms with E-state index < -0.39 is 18.0 Å². The van der Waals surface area contributed by atoms with Crippen LogP contribution in [0.4, 0.5) is 13.2 Å². The van der Waals surface area contributed by atoms with Crippen molar-refractivity contribution in [2.24, 2.45) is 17.8 Å². The molecule has 2 aliphatic heterocycles. The number of aromatic nitrogens is 5. The number of hydrogen-bond acceptors (Lipinski definition) is 4. The first-order valence-electron chi connectivity index (χ1n) is 10.2. The summed E-state index contributed by atoms with van der Waals surface area (Å²) in [5, 5.41) is 8.52. The quantitative estimate of drug-likeness (QED) is 0.672. The van der Waals surface area contributed by atoms with E-state index in [2.05, 4.69) is 15.2 Å². The molecule has 1 amide bonds. The fourth-order valence-electron chi connectivity index (χ4n) is 4.97. The normalized spacial score (nSPS) is 24.0. The van der Waals surface area contributed by atoms with Gasteiger partial charge in [0.05, 0.1) is 23.4 Å². The fraction of sp³-hybridized carbons (Fsp3) is 0.500. The van der Waals surface area contributed by atoms with Crippen LogP contribution in [-0.4, -0.2) is 54.5 Å². The van der Waals surface area contributed by atoms with Gasteiger partial charge >= 0.3 is 6.18 Å². The van der Waals surface area contributed by atoms with Crippen LogP contribution in [-0.2, 0) is 0 Å². The first-order chi connectivity index (χ1) is 14.7. The van der Waals surface area contributed by atoms with Crippen LogP contribution in [0.5, 0.6) is 0 Å². The van der Waals surface area contributed by atoms with Gasteiger partial charge in [-0.1, -0.05) is 0 Å². The van der Waals surface area contributed by atoms with Crippen molar-refractivity contribution in [1.29, 1.82) is 0 Å². The molecule has 1 N–H and O–H groups in total. The minimum Gasteiger partial charge on any atom is -0.338 e. The predicted molar refractivity (Wildman–Crippen MR) is 104 cm³/mol. The maximum absolute atomic E-state index is 13.5. The highest BCUT2D eigenvalue weighted by atomic mass is 19.4. The second-order valence-corrected chi connectivity index (χ2v) is 8.47. The van der Waals surface area contributed by atoms with Gasteiger partial charge in [-0.25, -0.2) is 9.20 Å². The number of nitrogens with one attached hydrogen (secondary N) is 1. The van der Waals surface area contributed by atoms with Crippen LogP contribution < -0.4 is 5.56 Å². The van der Waals surface area contributed by atoms with E-state index in [1.54, 1.807) is 25.3 Å².